The van der Waals surface area contributed by atoms with Crippen LogP contribution in [0.1, 0.15) is 28.8 Å². The molecule has 2 aromatic heterocycles. The van der Waals surface area contributed by atoms with Gasteiger partial charge in [-0.05, 0) is 26.8 Å². The fourth-order valence-electron chi connectivity index (χ4n) is 2.39. The minimum Gasteiger partial charge on any atom is -0.466 e. The monoisotopic (exact) mass is 370 g/mol. The van der Waals surface area contributed by atoms with Crippen LogP contribution in [0.3, 0.4) is 0 Å². The number of esters is 1. The number of ether oxygens (including phenoxy) is 1. The maximum atomic E-state index is 12.3. The van der Waals surface area contributed by atoms with Crippen molar-refractivity contribution in [1.29, 1.82) is 0 Å². The number of amides is 1. The number of aromatic nitrogens is 1. The number of furan rings is 1. The summed E-state index contributed by atoms with van der Waals surface area (Å²) in [6.45, 7) is 4.93. The van der Waals surface area contributed by atoms with Crippen molar-refractivity contribution in [3.05, 3.63) is 58.9 Å². The predicted molar refractivity (Wildman–Crippen MR) is 99.2 cm³/mol. The number of aryl methyl sites for hydroxylation is 2. The summed E-state index contributed by atoms with van der Waals surface area (Å²) in [5, 5.41) is 4.99. The molecule has 0 radical (unpaired) electrons. The number of nitrogens with zero attached hydrogens (tertiary/aromatic N) is 1. The number of anilines is 1. The maximum absolute atomic E-state index is 12.3. The van der Waals surface area contributed by atoms with Crippen molar-refractivity contribution in [3.63, 3.8) is 0 Å². The van der Waals surface area contributed by atoms with E-state index in [1.807, 2.05) is 35.7 Å². The number of thiazole rings is 1. The molecule has 0 unspecified atom stereocenters. The van der Waals surface area contributed by atoms with E-state index in [1.165, 1.54) is 18.3 Å². The number of carbonyl (C=O) groups is 2. The Kier molecular flexibility index (Phi) is 5.18. The topological polar surface area (TPSA) is 81.4 Å². The molecule has 1 N–H and O–H groups in total. The van der Waals surface area contributed by atoms with Crippen LogP contribution in [0.5, 0.6) is 0 Å². The van der Waals surface area contributed by atoms with E-state index in [1.54, 1.807) is 19.9 Å². The third-order valence-corrected chi connectivity index (χ3v) is 4.48. The van der Waals surface area contributed by atoms with Crippen molar-refractivity contribution in [2.45, 2.75) is 26.9 Å². The number of nitrogens with one attached hydrogen (secondary N) is 1. The van der Waals surface area contributed by atoms with Crippen LogP contribution in [0.15, 0.2) is 46.2 Å². The highest BCUT2D eigenvalue weighted by molar-refractivity contribution is 7.14. The van der Waals surface area contributed by atoms with E-state index in [2.05, 4.69) is 10.3 Å². The van der Waals surface area contributed by atoms with E-state index >= 15 is 0 Å². The molecule has 0 spiro atoms. The molecule has 0 bridgehead atoms. The van der Waals surface area contributed by atoms with Gasteiger partial charge in [-0.1, -0.05) is 30.3 Å². The Morgan fingerprint density at radius 1 is 1.23 bits per heavy atom. The summed E-state index contributed by atoms with van der Waals surface area (Å²) in [6, 6.07) is 11.3. The van der Waals surface area contributed by atoms with Crippen molar-refractivity contribution in [2.24, 2.45) is 0 Å². The normalized spacial score (nSPS) is 11.8. The quantitative estimate of drug-likeness (QED) is 0.681. The Bertz CT molecular complexity index is 930. The van der Waals surface area contributed by atoms with Crippen LogP contribution in [-0.2, 0) is 9.53 Å². The molecule has 3 aromatic rings. The van der Waals surface area contributed by atoms with Gasteiger partial charge in [-0.2, -0.15) is 0 Å². The first kappa shape index (κ1) is 17.9. The van der Waals surface area contributed by atoms with Gasteiger partial charge >= 0.3 is 5.97 Å². The van der Waals surface area contributed by atoms with Gasteiger partial charge < -0.3 is 9.15 Å². The van der Waals surface area contributed by atoms with E-state index in [4.69, 9.17) is 9.15 Å². The molecule has 134 valence electrons. The van der Waals surface area contributed by atoms with Gasteiger partial charge in [0.2, 0.25) is 0 Å². The summed E-state index contributed by atoms with van der Waals surface area (Å²) < 4.78 is 10.5. The molecule has 0 aliphatic heterocycles. The summed E-state index contributed by atoms with van der Waals surface area (Å²) in [7, 11) is 0. The van der Waals surface area contributed by atoms with Crippen molar-refractivity contribution in [1.82, 2.24) is 4.98 Å². The third kappa shape index (κ3) is 4.00. The smallest absolute Gasteiger partial charge is 0.342 e. The number of rotatable bonds is 5. The molecule has 6 nitrogen and oxygen atoms in total. The molecule has 3 rings (SSSR count). The minimum atomic E-state index is -0.957. The molecule has 26 heavy (non-hydrogen) atoms. The Morgan fingerprint density at radius 2 is 1.96 bits per heavy atom. The van der Waals surface area contributed by atoms with Crippen molar-refractivity contribution >= 4 is 28.3 Å². The van der Waals surface area contributed by atoms with E-state index in [-0.39, 0.29) is 0 Å². The second-order valence-electron chi connectivity index (χ2n) is 5.77. The largest absolute Gasteiger partial charge is 0.466 e. The van der Waals surface area contributed by atoms with Crippen LogP contribution in [0.4, 0.5) is 5.13 Å². The molecule has 7 heteroatoms. The SMILES string of the molecule is Cc1cc(C(=O)O[C@H](C)C(=O)Nc2nc(-c3ccccc3)cs2)c(C)o1. The average Bonchev–Trinajstić information content (AvgIpc) is 3.21. The van der Waals surface area contributed by atoms with Crippen LogP contribution in [0.2, 0.25) is 0 Å². The number of hydrogen-bond acceptors (Lipinski definition) is 6. The number of carbonyl (C=O) groups excluding carboxylic acids is 2. The highest BCUT2D eigenvalue weighted by Gasteiger charge is 2.22. The summed E-state index contributed by atoms with van der Waals surface area (Å²) >= 11 is 1.31. The van der Waals surface area contributed by atoms with Gasteiger partial charge in [-0.25, -0.2) is 9.78 Å². The maximum Gasteiger partial charge on any atom is 0.342 e. The molecule has 0 fully saturated rings. The van der Waals surface area contributed by atoms with Gasteiger partial charge in [-0.15, -0.1) is 11.3 Å². The van der Waals surface area contributed by atoms with Crippen LogP contribution in [-0.4, -0.2) is 23.0 Å². The summed E-state index contributed by atoms with van der Waals surface area (Å²) in [5.41, 5.74) is 2.07. The summed E-state index contributed by atoms with van der Waals surface area (Å²) in [4.78, 5) is 28.8. The standard InChI is InChI=1S/C19H18N2O4S/c1-11-9-15(12(2)24-11)18(23)25-13(3)17(22)21-19-20-16(10-26-19)14-7-5-4-6-8-14/h4-10,13H,1-3H3,(H,20,21,22)/t13-/m1/s1. The molecule has 1 atom stereocenters. The minimum absolute atomic E-state index is 0.322. The second kappa shape index (κ2) is 7.53. The Hall–Kier alpha value is -2.93. The third-order valence-electron chi connectivity index (χ3n) is 3.72. The van der Waals surface area contributed by atoms with Crippen LogP contribution in [0, 0.1) is 13.8 Å². The van der Waals surface area contributed by atoms with Gasteiger partial charge in [-0.3, -0.25) is 10.1 Å². The van der Waals surface area contributed by atoms with Crippen molar-refractivity contribution in [2.75, 3.05) is 5.32 Å². The van der Waals surface area contributed by atoms with E-state index in [9.17, 15) is 9.59 Å². The highest BCUT2D eigenvalue weighted by atomic mass is 32.1. The van der Waals surface area contributed by atoms with Gasteiger partial charge in [0.1, 0.15) is 17.1 Å². The predicted octanol–water partition coefficient (Wildman–Crippen LogP) is 4.20. The Morgan fingerprint density at radius 3 is 2.62 bits per heavy atom. The zero-order valence-corrected chi connectivity index (χ0v) is 15.4. The van der Waals surface area contributed by atoms with E-state index < -0.39 is 18.0 Å². The zero-order valence-electron chi connectivity index (χ0n) is 14.6. The first-order valence-electron chi connectivity index (χ1n) is 8.04. The van der Waals surface area contributed by atoms with Gasteiger partial charge in [0.15, 0.2) is 11.2 Å². The Labute approximate surface area is 154 Å². The first-order chi connectivity index (χ1) is 12.4. The fraction of sp³-hybridized carbons (Fsp3) is 0.211. The zero-order chi connectivity index (χ0) is 18.7. The van der Waals surface area contributed by atoms with Gasteiger partial charge in [0.05, 0.1) is 5.69 Å². The highest BCUT2D eigenvalue weighted by Crippen LogP contribution is 2.24. The lowest BCUT2D eigenvalue weighted by Crippen LogP contribution is -2.30. The summed E-state index contributed by atoms with van der Waals surface area (Å²) in [5.74, 6) is 0.0478. The lowest BCUT2D eigenvalue weighted by Gasteiger charge is -2.11. The molecule has 0 saturated carbocycles. The molecule has 0 saturated heterocycles. The van der Waals surface area contributed by atoms with E-state index in [0.29, 0.717) is 22.2 Å². The van der Waals surface area contributed by atoms with Crippen molar-refractivity contribution < 1.29 is 18.7 Å². The van der Waals surface area contributed by atoms with Crippen LogP contribution in [0.25, 0.3) is 11.3 Å². The van der Waals surface area contributed by atoms with Crippen LogP contribution >= 0.6 is 11.3 Å². The van der Waals surface area contributed by atoms with Gasteiger partial charge in [0.25, 0.3) is 5.91 Å². The van der Waals surface area contributed by atoms with Gasteiger partial charge in [0, 0.05) is 10.9 Å². The van der Waals surface area contributed by atoms with E-state index in [0.717, 1.165) is 11.3 Å². The molecular weight excluding hydrogens is 352 g/mol. The Balaban J connectivity index is 1.62. The number of benzene rings is 1. The van der Waals surface area contributed by atoms with Crippen molar-refractivity contribution in [3.8, 4) is 11.3 Å². The average molecular weight is 370 g/mol. The fourth-order valence-corrected chi connectivity index (χ4v) is 3.11. The molecule has 0 aliphatic rings. The molecule has 1 amide bonds. The second-order valence-corrected chi connectivity index (χ2v) is 6.63. The number of hydrogen-bond donors (Lipinski definition) is 1. The lowest BCUT2D eigenvalue weighted by molar-refractivity contribution is -0.123. The molecular formula is C19H18N2O4S. The summed E-state index contributed by atoms with van der Waals surface area (Å²) in [6.07, 6.45) is -0.957. The molecule has 1 aromatic carbocycles. The molecule has 2 heterocycles. The molecule has 0 aliphatic carbocycles. The van der Waals surface area contributed by atoms with Crippen LogP contribution < -0.4 is 5.32 Å². The lowest BCUT2D eigenvalue weighted by atomic mass is 10.2. The first-order valence-corrected chi connectivity index (χ1v) is 8.92.